The lowest BCUT2D eigenvalue weighted by Crippen LogP contribution is -2.19. The standard InChI is InChI=1S/C19H23NO3/c1-19(2,3)15-9-10-17(21)16(11-15)20-18(22)13-23-12-14-7-5-4-6-8-14/h4-11,21H,12-13H2,1-3H3,(H,20,22). The predicted molar refractivity (Wildman–Crippen MR) is 91.5 cm³/mol. The first-order valence-corrected chi connectivity index (χ1v) is 7.61. The number of carbonyl (C=O) groups is 1. The molecule has 4 nitrogen and oxygen atoms in total. The van der Waals surface area contributed by atoms with E-state index in [1.165, 1.54) is 0 Å². The van der Waals surface area contributed by atoms with Crippen molar-refractivity contribution in [1.29, 1.82) is 0 Å². The fourth-order valence-corrected chi connectivity index (χ4v) is 2.12. The number of nitrogens with one attached hydrogen (secondary N) is 1. The molecule has 0 fully saturated rings. The zero-order chi connectivity index (χ0) is 16.9. The summed E-state index contributed by atoms with van der Waals surface area (Å²) in [5, 5.41) is 12.6. The van der Waals surface area contributed by atoms with Crippen LogP contribution in [0.25, 0.3) is 0 Å². The maximum absolute atomic E-state index is 12.0. The molecule has 0 aliphatic rings. The molecule has 2 rings (SSSR count). The highest BCUT2D eigenvalue weighted by Gasteiger charge is 2.16. The Hall–Kier alpha value is -2.33. The second kappa shape index (κ2) is 7.29. The number of phenols is 1. The number of carbonyl (C=O) groups excluding carboxylic acids is 1. The molecule has 0 aliphatic heterocycles. The van der Waals surface area contributed by atoms with Gasteiger partial charge in [-0.1, -0.05) is 57.2 Å². The molecule has 0 atom stereocenters. The van der Waals surface area contributed by atoms with Crippen molar-refractivity contribution in [1.82, 2.24) is 0 Å². The van der Waals surface area contributed by atoms with Crippen LogP contribution >= 0.6 is 0 Å². The largest absolute Gasteiger partial charge is 0.506 e. The molecule has 2 N–H and O–H groups in total. The molecule has 0 unspecified atom stereocenters. The Kier molecular flexibility index (Phi) is 5.40. The number of aromatic hydroxyl groups is 1. The normalized spacial score (nSPS) is 11.3. The average molecular weight is 313 g/mol. The Balaban J connectivity index is 1.92. The van der Waals surface area contributed by atoms with Gasteiger partial charge in [-0.3, -0.25) is 4.79 Å². The van der Waals surface area contributed by atoms with Crippen LogP contribution in [0.4, 0.5) is 5.69 Å². The minimum Gasteiger partial charge on any atom is -0.506 e. The Morgan fingerprint density at radius 2 is 1.83 bits per heavy atom. The first-order valence-electron chi connectivity index (χ1n) is 7.61. The molecule has 0 heterocycles. The van der Waals surface area contributed by atoms with E-state index in [1.54, 1.807) is 12.1 Å². The number of anilines is 1. The molecule has 0 bridgehead atoms. The lowest BCUT2D eigenvalue weighted by atomic mass is 9.87. The van der Waals surface area contributed by atoms with Gasteiger partial charge in [-0.15, -0.1) is 0 Å². The molecule has 4 heteroatoms. The molecular formula is C19H23NO3. The molecule has 0 radical (unpaired) electrons. The van der Waals surface area contributed by atoms with E-state index in [1.807, 2.05) is 36.4 Å². The summed E-state index contributed by atoms with van der Waals surface area (Å²) in [7, 11) is 0. The second-order valence-electron chi connectivity index (χ2n) is 6.51. The Bertz CT molecular complexity index is 660. The van der Waals surface area contributed by atoms with Gasteiger partial charge in [0.2, 0.25) is 5.91 Å². The van der Waals surface area contributed by atoms with Crippen LogP contribution in [0.3, 0.4) is 0 Å². The summed E-state index contributed by atoms with van der Waals surface area (Å²) >= 11 is 0. The fraction of sp³-hybridized carbons (Fsp3) is 0.316. The highest BCUT2D eigenvalue weighted by molar-refractivity contribution is 5.93. The van der Waals surface area contributed by atoms with Crippen molar-refractivity contribution in [3.8, 4) is 5.75 Å². The van der Waals surface area contributed by atoms with Gasteiger partial charge in [0.05, 0.1) is 12.3 Å². The average Bonchev–Trinajstić information content (AvgIpc) is 2.49. The minimum atomic E-state index is -0.290. The smallest absolute Gasteiger partial charge is 0.250 e. The summed E-state index contributed by atoms with van der Waals surface area (Å²) < 4.78 is 5.40. The molecule has 0 aromatic heterocycles. The van der Waals surface area contributed by atoms with Gasteiger partial charge < -0.3 is 15.2 Å². The van der Waals surface area contributed by atoms with E-state index in [4.69, 9.17) is 4.74 Å². The van der Waals surface area contributed by atoms with Crippen molar-refractivity contribution >= 4 is 11.6 Å². The number of phenolic OH excluding ortho intramolecular Hbond substituents is 1. The van der Waals surface area contributed by atoms with E-state index in [0.29, 0.717) is 12.3 Å². The maximum atomic E-state index is 12.0. The van der Waals surface area contributed by atoms with Gasteiger partial charge in [-0.25, -0.2) is 0 Å². The Morgan fingerprint density at radius 1 is 1.13 bits per heavy atom. The van der Waals surface area contributed by atoms with E-state index < -0.39 is 0 Å². The van der Waals surface area contributed by atoms with Crippen molar-refractivity contribution in [2.24, 2.45) is 0 Å². The van der Waals surface area contributed by atoms with Crippen molar-refractivity contribution in [3.05, 3.63) is 59.7 Å². The van der Waals surface area contributed by atoms with E-state index in [9.17, 15) is 9.90 Å². The van der Waals surface area contributed by atoms with Gasteiger partial charge in [0.1, 0.15) is 12.4 Å². The summed E-state index contributed by atoms with van der Waals surface area (Å²) in [6.45, 7) is 6.55. The van der Waals surface area contributed by atoms with E-state index >= 15 is 0 Å². The highest BCUT2D eigenvalue weighted by atomic mass is 16.5. The van der Waals surface area contributed by atoms with Crippen LogP contribution in [0.15, 0.2) is 48.5 Å². The number of benzene rings is 2. The van der Waals surface area contributed by atoms with Crippen LogP contribution in [0.2, 0.25) is 0 Å². The van der Waals surface area contributed by atoms with Crippen molar-refractivity contribution in [2.75, 3.05) is 11.9 Å². The first-order chi connectivity index (χ1) is 10.9. The van der Waals surface area contributed by atoms with Crippen molar-refractivity contribution in [3.63, 3.8) is 0 Å². The molecule has 2 aromatic carbocycles. The van der Waals surface area contributed by atoms with E-state index in [-0.39, 0.29) is 23.7 Å². The summed E-state index contributed by atoms with van der Waals surface area (Å²) in [5.41, 5.74) is 2.40. The predicted octanol–water partition coefficient (Wildman–Crippen LogP) is 3.85. The van der Waals surface area contributed by atoms with Crippen molar-refractivity contribution < 1.29 is 14.6 Å². The van der Waals surface area contributed by atoms with Gasteiger partial charge >= 0.3 is 0 Å². The van der Waals surface area contributed by atoms with Crippen LogP contribution in [0, 0.1) is 0 Å². The van der Waals surface area contributed by atoms with Gasteiger partial charge in [0.25, 0.3) is 0 Å². The monoisotopic (exact) mass is 313 g/mol. The third-order valence-electron chi connectivity index (χ3n) is 3.48. The zero-order valence-corrected chi connectivity index (χ0v) is 13.8. The summed E-state index contributed by atoms with van der Waals surface area (Å²) in [6.07, 6.45) is 0. The van der Waals surface area contributed by atoms with Crippen LogP contribution < -0.4 is 5.32 Å². The third-order valence-corrected chi connectivity index (χ3v) is 3.48. The molecule has 0 spiro atoms. The van der Waals surface area contributed by atoms with Gasteiger partial charge in [0, 0.05) is 0 Å². The van der Waals surface area contributed by atoms with E-state index in [2.05, 4.69) is 26.1 Å². The molecule has 0 aliphatic carbocycles. The van der Waals surface area contributed by atoms with Crippen LogP contribution in [-0.2, 0) is 21.6 Å². The Labute approximate surface area is 137 Å². The highest BCUT2D eigenvalue weighted by Crippen LogP contribution is 2.30. The first kappa shape index (κ1) is 17.0. The fourth-order valence-electron chi connectivity index (χ4n) is 2.12. The summed E-state index contributed by atoms with van der Waals surface area (Å²) in [4.78, 5) is 12.0. The lowest BCUT2D eigenvalue weighted by Gasteiger charge is -2.20. The van der Waals surface area contributed by atoms with Crippen LogP contribution in [0.1, 0.15) is 31.9 Å². The quantitative estimate of drug-likeness (QED) is 0.824. The third kappa shape index (κ3) is 5.11. The Morgan fingerprint density at radius 3 is 2.48 bits per heavy atom. The topological polar surface area (TPSA) is 58.6 Å². The summed E-state index contributed by atoms with van der Waals surface area (Å²) in [6, 6.07) is 14.9. The SMILES string of the molecule is CC(C)(C)c1ccc(O)c(NC(=O)COCc2ccccc2)c1. The zero-order valence-electron chi connectivity index (χ0n) is 13.8. The van der Waals surface area contributed by atoms with Gasteiger partial charge in [0.15, 0.2) is 0 Å². The van der Waals surface area contributed by atoms with Crippen LogP contribution in [-0.4, -0.2) is 17.6 Å². The van der Waals surface area contributed by atoms with E-state index in [0.717, 1.165) is 11.1 Å². The molecule has 2 aromatic rings. The molecule has 1 amide bonds. The van der Waals surface area contributed by atoms with Gasteiger partial charge in [-0.05, 0) is 28.7 Å². The number of amides is 1. The maximum Gasteiger partial charge on any atom is 0.250 e. The molecule has 0 saturated heterocycles. The number of hydrogen-bond acceptors (Lipinski definition) is 3. The number of ether oxygens (including phenoxy) is 1. The molecule has 0 saturated carbocycles. The molecule has 23 heavy (non-hydrogen) atoms. The summed E-state index contributed by atoms with van der Waals surface area (Å²) in [5.74, 6) is -0.239. The van der Waals surface area contributed by atoms with Crippen LogP contribution in [0.5, 0.6) is 5.75 Å². The molecular weight excluding hydrogens is 290 g/mol. The second-order valence-corrected chi connectivity index (χ2v) is 6.51. The number of hydrogen-bond donors (Lipinski definition) is 2. The van der Waals surface area contributed by atoms with Gasteiger partial charge in [-0.2, -0.15) is 0 Å². The molecule has 122 valence electrons. The minimum absolute atomic E-state index is 0.0504. The lowest BCUT2D eigenvalue weighted by molar-refractivity contribution is -0.121. The van der Waals surface area contributed by atoms with Crippen molar-refractivity contribution in [2.45, 2.75) is 32.8 Å². The number of rotatable bonds is 5.